The minimum Gasteiger partial charge on any atom is -0.242 e. The van der Waals surface area contributed by atoms with Crippen molar-refractivity contribution in [2.45, 2.75) is 6.54 Å². The third-order valence-corrected chi connectivity index (χ3v) is 4.19. The van der Waals surface area contributed by atoms with E-state index in [1.165, 1.54) is 0 Å². The molecule has 0 saturated carbocycles. The van der Waals surface area contributed by atoms with E-state index in [1.54, 1.807) is 4.68 Å². The van der Waals surface area contributed by atoms with Crippen molar-refractivity contribution in [3.63, 3.8) is 0 Å². The summed E-state index contributed by atoms with van der Waals surface area (Å²) in [4.78, 5) is 0. The number of hydrogen-bond donors (Lipinski definition) is 0. The van der Waals surface area contributed by atoms with E-state index < -0.39 is 0 Å². The predicted octanol–water partition coefficient (Wildman–Crippen LogP) is 2.69. The quantitative estimate of drug-likeness (QED) is 0.786. The lowest BCUT2D eigenvalue weighted by Crippen LogP contribution is -1.97. The molecule has 1 aromatic rings. The number of aromatic nitrogens is 2. The molecule has 0 unspecified atom stereocenters. The summed E-state index contributed by atoms with van der Waals surface area (Å²) < 4.78 is 3.84. The van der Waals surface area contributed by atoms with Crippen molar-refractivity contribution in [2.75, 3.05) is 0 Å². The van der Waals surface area contributed by atoms with Crippen LogP contribution < -0.4 is 0 Å². The molecule has 1 heterocycles. The van der Waals surface area contributed by atoms with Crippen molar-refractivity contribution in [1.29, 1.82) is 5.26 Å². The fraction of sp³-hybridized carbons (Fsp3) is 0.200. The second kappa shape index (κ2) is 3.70. The first kappa shape index (κ1) is 9.23. The summed E-state index contributed by atoms with van der Waals surface area (Å²) in [6, 6.07) is 1.99. The lowest BCUT2D eigenvalue weighted by molar-refractivity contribution is 0.688. The summed E-state index contributed by atoms with van der Waals surface area (Å²) in [6.07, 6.45) is 0. The molecule has 6 heteroatoms. The van der Waals surface area contributed by atoms with Crippen molar-refractivity contribution in [3.05, 3.63) is 13.7 Å². The fourth-order valence-corrected chi connectivity index (χ4v) is 1.89. The second-order valence-corrected chi connectivity index (χ2v) is 4.01. The predicted molar refractivity (Wildman–Crippen MR) is 50.9 cm³/mol. The molecule has 0 atom stereocenters. The molecule has 0 spiro atoms. The molecule has 0 aliphatic carbocycles. The standard InChI is InChI=1S/C5H2Br3N3/c6-3-4(7)10-11(2-1-9)5(3)8/h2H2. The first-order valence-electron chi connectivity index (χ1n) is 2.61. The highest BCUT2D eigenvalue weighted by molar-refractivity contribution is 9.14. The molecule has 0 bridgehead atoms. The molecule has 0 aromatic carbocycles. The van der Waals surface area contributed by atoms with E-state index in [0.717, 1.165) is 9.08 Å². The Labute approximate surface area is 88.8 Å². The minimum absolute atomic E-state index is 0.241. The van der Waals surface area contributed by atoms with Crippen LogP contribution in [-0.2, 0) is 6.54 Å². The van der Waals surface area contributed by atoms with Crippen LogP contribution in [0.1, 0.15) is 0 Å². The highest BCUT2D eigenvalue weighted by Crippen LogP contribution is 2.29. The maximum absolute atomic E-state index is 8.38. The maximum Gasteiger partial charge on any atom is 0.143 e. The summed E-state index contributed by atoms with van der Waals surface area (Å²) >= 11 is 9.78. The zero-order valence-corrected chi connectivity index (χ0v) is 9.94. The van der Waals surface area contributed by atoms with Gasteiger partial charge in [0, 0.05) is 0 Å². The van der Waals surface area contributed by atoms with Crippen LogP contribution >= 0.6 is 47.8 Å². The molecule has 0 radical (unpaired) electrons. The Bertz CT molecular complexity index is 312. The van der Waals surface area contributed by atoms with Crippen LogP contribution in [0.2, 0.25) is 0 Å². The van der Waals surface area contributed by atoms with Gasteiger partial charge in [-0.25, -0.2) is 4.68 Å². The zero-order valence-electron chi connectivity index (χ0n) is 5.18. The summed E-state index contributed by atoms with van der Waals surface area (Å²) in [5.74, 6) is 0. The summed E-state index contributed by atoms with van der Waals surface area (Å²) in [5, 5.41) is 12.4. The van der Waals surface area contributed by atoms with Crippen molar-refractivity contribution >= 4 is 47.8 Å². The molecule has 0 saturated heterocycles. The highest BCUT2D eigenvalue weighted by atomic mass is 79.9. The van der Waals surface area contributed by atoms with Crippen LogP contribution in [0.25, 0.3) is 0 Å². The smallest absolute Gasteiger partial charge is 0.143 e. The Balaban J connectivity index is 3.10. The molecule has 58 valence electrons. The lowest BCUT2D eigenvalue weighted by atomic mass is 10.7. The van der Waals surface area contributed by atoms with Crippen molar-refractivity contribution in [2.24, 2.45) is 0 Å². The molecule has 1 rings (SSSR count). The van der Waals surface area contributed by atoms with E-state index in [-0.39, 0.29) is 6.54 Å². The largest absolute Gasteiger partial charge is 0.242 e. The molecule has 0 aliphatic rings. The molecule has 0 fully saturated rings. The Morgan fingerprint density at radius 1 is 1.45 bits per heavy atom. The number of nitriles is 1. The van der Waals surface area contributed by atoms with Gasteiger partial charge in [0.25, 0.3) is 0 Å². The van der Waals surface area contributed by atoms with Crippen LogP contribution in [0.3, 0.4) is 0 Å². The first-order valence-corrected chi connectivity index (χ1v) is 4.99. The number of halogens is 3. The molecule has 0 aliphatic heterocycles. The average molecular weight is 344 g/mol. The van der Waals surface area contributed by atoms with Gasteiger partial charge in [-0.15, -0.1) is 0 Å². The molecule has 11 heavy (non-hydrogen) atoms. The van der Waals surface area contributed by atoms with E-state index in [1.807, 2.05) is 6.07 Å². The summed E-state index contributed by atoms with van der Waals surface area (Å²) in [6.45, 7) is 0.241. The van der Waals surface area contributed by atoms with E-state index in [4.69, 9.17) is 5.26 Å². The first-order chi connectivity index (χ1) is 5.16. The Morgan fingerprint density at radius 2 is 2.09 bits per heavy atom. The average Bonchev–Trinajstić information content (AvgIpc) is 2.19. The molecular formula is C5H2Br3N3. The van der Waals surface area contributed by atoms with Crippen LogP contribution in [0.4, 0.5) is 0 Å². The van der Waals surface area contributed by atoms with Gasteiger partial charge in [0.05, 0.1) is 10.5 Å². The van der Waals surface area contributed by atoms with Gasteiger partial charge >= 0.3 is 0 Å². The molecule has 3 nitrogen and oxygen atoms in total. The molecule has 1 aromatic heterocycles. The Kier molecular flexibility index (Phi) is 3.10. The summed E-state index contributed by atoms with van der Waals surface area (Å²) in [5.41, 5.74) is 0. The Hall–Kier alpha value is 0.140. The SMILES string of the molecule is N#CCn1nc(Br)c(Br)c1Br. The van der Waals surface area contributed by atoms with E-state index >= 15 is 0 Å². The van der Waals surface area contributed by atoms with Crippen LogP contribution in [-0.4, -0.2) is 9.78 Å². The van der Waals surface area contributed by atoms with Crippen LogP contribution in [0, 0.1) is 11.3 Å². The van der Waals surface area contributed by atoms with Crippen molar-refractivity contribution in [3.8, 4) is 6.07 Å². The number of hydrogen-bond acceptors (Lipinski definition) is 2. The van der Waals surface area contributed by atoms with Crippen molar-refractivity contribution < 1.29 is 0 Å². The van der Waals surface area contributed by atoms with Crippen molar-refractivity contribution in [1.82, 2.24) is 9.78 Å². The lowest BCUT2D eigenvalue weighted by Gasteiger charge is -1.92. The van der Waals surface area contributed by atoms with Crippen LogP contribution in [0.15, 0.2) is 13.7 Å². The topological polar surface area (TPSA) is 41.6 Å². The van der Waals surface area contributed by atoms with Gasteiger partial charge in [-0.2, -0.15) is 10.4 Å². The van der Waals surface area contributed by atoms with E-state index in [2.05, 4.69) is 52.9 Å². The monoisotopic (exact) mass is 341 g/mol. The number of nitrogens with zero attached hydrogens (tertiary/aromatic N) is 3. The van der Waals surface area contributed by atoms with Gasteiger partial charge in [0.1, 0.15) is 15.8 Å². The number of rotatable bonds is 1. The van der Waals surface area contributed by atoms with Gasteiger partial charge < -0.3 is 0 Å². The summed E-state index contributed by atoms with van der Waals surface area (Å²) in [7, 11) is 0. The normalized spacial score (nSPS) is 9.64. The van der Waals surface area contributed by atoms with E-state index in [9.17, 15) is 0 Å². The van der Waals surface area contributed by atoms with Gasteiger partial charge in [0.2, 0.25) is 0 Å². The van der Waals surface area contributed by atoms with Gasteiger partial charge in [-0.05, 0) is 47.8 Å². The second-order valence-electron chi connectivity index (χ2n) is 1.71. The third-order valence-electron chi connectivity index (χ3n) is 1.02. The van der Waals surface area contributed by atoms with E-state index in [0.29, 0.717) is 4.60 Å². The van der Waals surface area contributed by atoms with Crippen LogP contribution in [0.5, 0.6) is 0 Å². The van der Waals surface area contributed by atoms with Gasteiger partial charge in [-0.3, -0.25) is 0 Å². The molecule has 0 N–H and O–H groups in total. The maximum atomic E-state index is 8.38. The van der Waals surface area contributed by atoms with Gasteiger partial charge in [0.15, 0.2) is 0 Å². The fourth-order valence-electron chi connectivity index (χ4n) is 0.564. The van der Waals surface area contributed by atoms with Gasteiger partial charge in [-0.1, -0.05) is 0 Å². The zero-order chi connectivity index (χ0) is 8.43. The molecular weight excluding hydrogens is 342 g/mol. The molecule has 0 amide bonds. The minimum atomic E-state index is 0.241. The Morgan fingerprint density at radius 3 is 2.45 bits per heavy atom. The third kappa shape index (κ3) is 1.83. The highest BCUT2D eigenvalue weighted by Gasteiger charge is 2.09.